The Balaban J connectivity index is 2.05. The summed E-state index contributed by atoms with van der Waals surface area (Å²) in [6.07, 6.45) is 2.79. The van der Waals surface area contributed by atoms with Gasteiger partial charge in [0.1, 0.15) is 6.11 Å². The Hall–Kier alpha value is -2.80. The van der Waals surface area contributed by atoms with E-state index in [0.717, 1.165) is 11.1 Å². The molecule has 0 aromatic heterocycles. The summed E-state index contributed by atoms with van der Waals surface area (Å²) >= 11 is 0. The van der Waals surface area contributed by atoms with Crippen LogP contribution in [0.15, 0.2) is 78.9 Å². The van der Waals surface area contributed by atoms with Crippen molar-refractivity contribution in [1.29, 1.82) is 0 Å². The molecule has 2 nitrogen and oxygen atoms in total. The fourth-order valence-corrected chi connectivity index (χ4v) is 5.65. The Morgan fingerprint density at radius 1 is 0.889 bits per heavy atom. The number of hydrogen-bond donors (Lipinski definition) is 1. The van der Waals surface area contributed by atoms with E-state index >= 15 is 0 Å². The summed E-state index contributed by atoms with van der Waals surface area (Å²) in [7, 11) is -0.815. The van der Waals surface area contributed by atoms with Crippen LogP contribution in [0.25, 0.3) is 0 Å². The zero-order chi connectivity index (χ0) is 18.9. The van der Waals surface area contributed by atoms with E-state index in [9.17, 15) is 5.11 Å². The first-order valence-electron chi connectivity index (χ1n) is 9.27. The first-order chi connectivity index (χ1) is 13.3. The van der Waals surface area contributed by atoms with Crippen LogP contribution < -0.4 is 5.19 Å². The molecule has 0 saturated carbocycles. The molecule has 3 aromatic rings. The van der Waals surface area contributed by atoms with Gasteiger partial charge in [-0.3, -0.25) is 0 Å². The summed E-state index contributed by atoms with van der Waals surface area (Å²) in [5.74, 6) is 3.15. The third-order valence-corrected chi connectivity index (χ3v) is 7.25. The Morgan fingerprint density at radius 2 is 1.52 bits per heavy atom. The van der Waals surface area contributed by atoms with E-state index in [0.29, 0.717) is 12.1 Å². The average molecular weight is 373 g/mol. The molecule has 0 aliphatic heterocycles. The van der Waals surface area contributed by atoms with Crippen molar-refractivity contribution in [3.8, 4) is 12.0 Å². The smallest absolute Gasteiger partial charge is 0.115 e. The molecule has 0 atom stereocenters. The summed E-state index contributed by atoms with van der Waals surface area (Å²) in [4.78, 5) is 0. The Labute approximate surface area is 163 Å². The maximum absolute atomic E-state index is 9.91. The minimum absolute atomic E-state index is 0.0305. The third kappa shape index (κ3) is 4.88. The van der Waals surface area contributed by atoms with Gasteiger partial charge in [-0.25, -0.2) is 0 Å². The van der Waals surface area contributed by atoms with Crippen molar-refractivity contribution < 1.29 is 9.84 Å². The number of rotatable bonds is 6. The average Bonchev–Trinajstić information content (AvgIpc) is 2.74. The minimum atomic E-state index is -0.815. The van der Waals surface area contributed by atoms with Crippen LogP contribution in [-0.2, 0) is 11.3 Å². The largest absolute Gasteiger partial charge is 0.447 e. The number of aliphatic hydroxyl groups is 1. The van der Waals surface area contributed by atoms with Crippen molar-refractivity contribution in [2.24, 2.45) is 0 Å². The van der Waals surface area contributed by atoms with Gasteiger partial charge in [-0.2, -0.15) is 0 Å². The zero-order valence-corrected chi connectivity index (χ0v) is 17.0. The SMILES string of the molecule is CCOC#Cc1cccc(CO)c1[SiH2]C(c1ccccc1)c1ccccc1. The van der Waals surface area contributed by atoms with Crippen LogP contribution in [0.1, 0.15) is 34.7 Å². The molecule has 0 aliphatic carbocycles. The molecule has 0 aliphatic rings. The van der Waals surface area contributed by atoms with Gasteiger partial charge in [0, 0.05) is 11.1 Å². The van der Waals surface area contributed by atoms with E-state index in [2.05, 4.69) is 60.6 Å². The van der Waals surface area contributed by atoms with E-state index in [1.165, 1.54) is 16.3 Å². The third-order valence-electron chi connectivity index (χ3n) is 4.66. The molecule has 1 N–H and O–H groups in total. The van der Waals surface area contributed by atoms with E-state index in [1.807, 2.05) is 37.3 Å². The van der Waals surface area contributed by atoms with Gasteiger partial charge >= 0.3 is 0 Å². The predicted molar refractivity (Wildman–Crippen MR) is 114 cm³/mol. The molecule has 0 bridgehead atoms. The van der Waals surface area contributed by atoms with E-state index in [-0.39, 0.29) is 6.61 Å². The highest BCUT2D eigenvalue weighted by Crippen LogP contribution is 2.24. The second kappa shape index (κ2) is 9.77. The van der Waals surface area contributed by atoms with Crippen LogP contribution in [0.4, 0.5) is 0 Å². The quantitative estimate of drug-likeness (QED) is 0.532. The lowest BCUT2D eigenvalue weighted by Crippen LogP contribution is -2.29. The number of aliphatic hydroxyl groups excluding tert-OH is 1. The van der Waals surface area contributed by atoms with Gasteiger partial charge in [0.15, 0.2) is 0 Å². The molecule has 136 valence electrons. The normalized spacial score (nSPS) is 10.8. The topological polar surface area (TPSA) is 29.5 Å². The monoisotopic (exact) mass is 372 g/mol. The van der Waals surface area contributed by atoms with Gasteiger partial charge in [0.25, 0.3) is 0 Å². The van der Waals surface area contributed by atoms with E-state index in [4.69, 9.17) is 4.74 Å². The molecule has 0 saturated heterocycles. The summed E-state index contributed by atoms with van der Waals surface area (Å²) in [5.41, 5.74) is 4.90. The first kappa shape index (κ1) is 19.0. The van der Waals surface area contributed by atoms with Gasteiger partial charge in [0.05, 0.1) is 22.7 Å². The van der Waals surface area contributed by atoms with Crippen molar-refractivity contribution in [2.45, 2.75) is 19.1 Å². The molecule has 0 radical (unpaired) electrons. The Bertz CT molecular complexity index is 872. The van der Waals surface area contributed by atoms with Crippen LogP contribution in [0.5, 0.6) is 0 Å². The minimum Gasteiger partial charge on any atom is -0.447 e. The fourth-order valence-electron chi connectivity index (χ4n) is 3.31. The molecule has 27 heavy (non-hydrogen) atoms. The second-order valence-corrected chi connectivity index (χ2v) is 8.27. The highest BCUT2D eigenvalue weighted by atomic mass is 28.2. The number of benzene rings is 3. The highest BCUT2D eigenvalue weighted by molar-refractivity contribution is 6.57. The standard InChI is InChI=1S/C24H24O2Si/c1-2-26-17-16-21-14-9-15-22(18-25)24(21)27-23(19-10-5-3-6-11-19)20-12-7-4-8-13-20/h3-15,23,25H,2,18,27H2,1H3. The van der Waals surface area contributed by atoms with Gasteiger partial charge in [-0.05, 0) is 40.8 Å². The molecule has 3 aromatic carbocycles. The maximum atomic E-state index is 9.91. The summed E-state index contributed by atoms with van der Waals surface area (Å²) in [6.45, 7) is 2.52. The first-order valence-corrected chi connectivity index (χ1v) is 10.8. The lowest BCUT2D eigenvalue weighted by molar-refractivity contribution is 0.283. The predicted octanol–water partition coefficient (Wildman–Crippen LogP) is 3.11. The second-order valence-electron chi connectivity index (χ2n) is 6.34. The lowest BCUT2D eigenvalue weighted by atomic mass is 10.0. The van der Waals surface area contributed by atoms with Gasteiger partial charge in [0.2, 0.25) is 0 Å². The van der Waals surface area contributed by atoms with Crippen molar-refractivity contribution in [3.05, 3.63) is 101 Å². The van der Waals surface area contributed by atoms with E-state index < -0.39 is 9.52 Å². The zero-order valence-electron chi connectivity index (χ0n) is 15.6. The highest BCUT2D eigenvalue weighted by Gasteiger charge is 2.19. The lowest BCUT2D eigenvalue weighted by Gasteiger charge is -2.20. The molecule has 3 rings (SSSR count). The van der Waals surface area contributed by atoms with Gasteiger partial charge < -0.3 is 9.84 Å². The molecular weight excluding hydrogens is 348 g/mol. The summed E-state index contributed by atoms with van der Waals surface area (Å²) in [5, 5.41) is 11.1. The van der Waals surface area contributed by atoms with Crippen molar-refractivity contribution >= 4 is 14.7 Å². The molecule has 0 unspecified atom stereocenters. The Kier molecular flexibility index (Phi) is 6.87. The summed E-state index contributed by atoms with van der Waals surface area (Å²) in [6, 6.07) is 27.2. The van der Waals surface area contributed by atoms with Gasteiger partial charge in [-0.15, -0.1) is 0 Å². The maximum Gasteiger partial charge on any atom is 0.115 e. The van der Waals surface area contributed by atoms with Crippen molar-refractivity contribution in [3.63, 3.8) is 0 Å². The Morgan fingerprint density at radius 3 is 2.07 bits per heavy atom. The van der Waals surface area contributed by atoms with Crippen LogP contribution in [0.3, 0.4) is 0 Å². The van der Waals surface area contributed by atoms with Crippen LogP contribution in [0.2, 0.25) is 0 Å². The molecule has 0 heterocycles. The molecule has 0 amide bonds. The van der Waals surface area contributed by atoms with Crippen molar-refractivity contribution in [1.82, 2.24) is 0 Å². The number of hydrogen-bond acceptors (Lipinski definition) is 2. The molecular formula is C24H24O2Si. The summed E-state index contributed by atoms with van der Waals surface area (Å²) < 4.78 is 5.23. The van der Waals surface area contributed by atoms with Crippen molar-refractivity contribution in [2.75, 3.05) is 6.61 Å². The van der Waals surface area contributed by atoms with Gasteiger partial charge in [-0.1, -0.05) is 72.8 Å². The van der Waals surface area contributed by atoms with E-state index in [1.54, 1.807) is 0 Å². The van der Waals surface area contributed by atoms with Crippen LogP contribution in [0, 0.1) is 12.0 Å². The fraction of sp³-hybridized carbons (Fsp3) is 0.167. The molecule has 0 spiro atoms. The number of ether oxygens (including phenoxy) is 1. The molecule has 0 fully saturated rings. The van der Waals surface area contributed by atoms with Crippen LogP contribution in [-0.4, -0.2) is 21.2 Å². The molecule has 3 heteroatoms. The van der Waals surface area contributed by atoms with Crippen LogP contribution >= 0.6 is 0 Å².